The molecule has 2 N–H and O–H groups in total. The molecule has 0 radical (unpaired) electrons. The van der Waals surface area contributed by atoms with Gasteiger partial charge in [-0.25, -0.2) is 4.98 Å². The molecule has 0 spiro atoms. The molecule has 0 amide bonds. The van der Waals surface area contributed by atoms with Crippen LogP contribution in [0.15, 0.2) is 22.7 Å². The standard InChI is InChI=1S/C25H32N6O3.H2S/c1-14(2)23(33)21(32)9-7-6-8-12-26-24-25-29-28-17(5)31(25)20-11-10-18(13-19(20)27-24)22-15(3)30-34-16(22)4;/h10-11,13-14,23,33H,6-9,12H2,1-5H3,(H,26,27);1H2/t23-;/m0./s1. The van der Waals surface area contributed by atoms with Crippen LogP contribution >= 0.6 is 13.5 Å². The van der Waals surface area contributed by atoms with E-state index in [1.54, 1.807) is 0 Å². The lowest BCUT2D eigenvalue weighted by Gasteiger charge is -2.13. The van der Waals surface area contributed by atoms with Gasteiger partial charge in [-0.3, -0.25) is 9.20 Å². The van der Waals surface area contributed by atoms with Crippen molar-refractivity contribution in [3.63, 3.8) is 0 Å². The van der Waals surface area contributed by atoms with Gasteiger partial charge < -0.3 is 14.9 Å². The zero-order valence-electron chi connectivity index (χ0n) is 20.9. The lowest BCUT2D eigenvalue weighted by atomic mass is 9.99. The summed E-state index contributed by atoms with van der Waals surface area (Å²) in [6, 6.07) is 6.11. The fourth-order valence-electron chi connectivity index (χ4n) is 4.27. The first-order valence-electron chi connectivity index (χ1n) is 11.8. The SMILES string of the molecule is Cc1noc(C)c1-c1ccc2c(c1)nc(NCCCCCC(=O)[C@@H](O)C(C)C)c1nnc(C)n12.S. The molecular weight excluding hydrogens is 464 g/mol. The van der Waals surface area contributed by atoms with Gasteiger partial charge in [-0.2, -0.15) is 13.5 Å². The molecule has 0 aliphatic heterocycles. The number of hydrogen-bond donors (Lipinski definition) is 2. The maximum Gasteiger partial charge on any atom is 0.204 e. The van der Waals surface area contributed by atoms with E-state index in [0.717, 1.165) is 58.7 Å². The number of carbonyl (C=O) groups is 1. The average molecular weight is 499 g/mol. The van der Waals surface area contributed by atoms with Crippen molar-refractivity contribution in [3.05, 3.63) is 35.5 Å². The first kappa shape index (κ1) is 26.6. The largest absolute Gasteiger partial charge is 0.385 e. The number of aliphatic hydroxyl groups excluding tert-OH is 1. The molecule has 1 atom stereocenters. The molecule has 0 bridgehead atoms. The van der Waals surface area contributed by atoms with Gasteiger partial charge in [0.25, 0.3) is 0 Å². The lowest BCUT2D eigenvalue weighted by Crippen LogP contribution is -2.25. The second-order valence-electron chi connectivity index (χ2n) is 9.16. The number of benzene rings is 1. The monoisotopic (exact) mass is 498 g/mol. The van der Waals surface area contributed by atoms with Crippen LogP contribution in [0.3, 0.4) is 0 Å². The van der Waals surface area contributed by atoms with Crippen molar-refractivity contribution in [2.75, 3.05) is 11.9 Å². The molecule has 4 aromatic rings. The molecule has 10 heteroatoms. The minimum absolute atomic E-state index is 0. The number of aliphatic hydroxyl groups is 1. The van der Waals surface area contributed by atoms with Crippen LogP contribution in [-0.2, 0) is 4.79 Å². The van der Waals surface area contributed by atoms with Crippen LogP contribution in [-0.4, -0.2) is 48.3 Å². The summed E-state index contributed by atoms with van der Waals surface area (Å²) < 4.78 is 7.35. The van der Waals surface area contributed by atoms with Gasteiger partial charge in [-0.15, -0.1) is 10.2 Å². The summed E-state index contributed by atoms with van der Waals surface area (Å²) in [4.78, 5) is 16.8. The first-order chi connectivity index (χ1) is 16.3. The van der Waals surface area contributed by atoms with Crippen molar-refractivity contribution in [1.82, 2.24) is 24.7 Å². The average Bonchev–Trinajstić information content (AvgIpc) is 3.36. The van der Waals surface area contributed by atoms with Crippen molar-refractivity contribution >= 4 is 41.8 Å². The number of aryl methyl sites for hydroxylation is 3. The number of rotatable bonds is 10. The molecule has 3 aromatic heterocycles. The van der Waals surface area contributed by atoms with Crippen LogP contribution < -0.4 is 5.32 Å². The summed E-state index contributed by atoms with van der Waals surface area (Å²) in [7, 11) is 0. The van der Waals surface area contributed by atoms with E-state index in [9.17, 15) is 9.90 Å². The van der Waals surface area contributed by atoms with Gasteiger partial charge in [0.05, 0.1) is 16.7 Å². The predicted octanol–water partition coefficient (Wildman–Crippen LogP) is 4.53. The summed E-state index contributed by atoms with van der Waals surface area (Å²) in [6.07, 6.45) is 2.07. The van der Waals surface area contributed by atoms with Crippen molar-refractivity contribution in [3.8, 4) is 11.1 Å². The van der Waals surface area contributed by atoms with Crippen molar-refractivity contribution in [2.45, 2.75) is 66.4 Å². The Bertz CT molecular complexity index is 1310. The van der Waals surface area contributed by atoms with Crippen LogP contribution in [0.5, 0.6) is 0 Å². The zero-order chi connectivity index (χ0) is 24.4. The third kappa shape index (κ3) is 5.48. The Balaban J connectivity index is 0.00000342. The van der Waals surface area contributed by atoms with E-state index < -0.39 is 6.10 Å². The minimum atomic E-state index is -0.861. The molecule has 0 saturated carbocycles. The van der Waals surface area contributed by atoms with Gasteiger partial charge in [-0.1, -0.05) is 31.5 Å². The number of aromatic nitrogens is 5. The molecule has 3 heterocycles. The third-order valence-electron chi connectivity index (χ3n) is 6.16. The number of hydrogen-bond acceptors (Lipinski definition) is 8. The molecule has 4 rings (SSSR count). The molecule has 188 valence electrons. The van der Waals surface area contributed by atoms with E-state index in [-0.39, 0.29) is 25.2 Å². The highest BCUT2D eigenvalue weighted by atomic mass is 32.1. The van der Waals surface area contributed by atoms with Gasteiger partial charge in [-0.05, 0) is 57.2 Å². The number of anilines is 1. The highest BCUT2D eigenvalue weighted by Crippen LogP contribution is 2.30. The van der Waals surface area contributed by atoms with Crippen LogP contribution in [0, 0.1) is 26.7 Å². The molecule has 0 aliphatic rings. The van der Waals surface area contributed by atoms with E-state index in [2.05, 4.69) is 20.7 Å². The number of fused-ring (bicyclic) bond motifs is 3. The maximum atomic E-state index is 12.0. The number of nitrogens with zero attached hydrogens (tertiary/aromatic N) is 5. The summed E-state index contributed by atoms with van der Waals surface area (Å²) in [5.41, 5.74) is 5.27. The maximum absolute atomic E-state index is 12.0. The fraction of sp³-hybridized carbons (Fsp3) is 0.480. The van der Waals surface area contributed by atoms with Gasteiger partial charge >= 0.3 is 0 Å². The Morgan fingerprint density at radius 1 is 1.14 bits per heavy atom. The highest BCUT2D eigenvalue weighted by molar-refractivity contribution is 7.59. The van der Waals surface area contributed by atoms with Gasteiger partial charge in [0.1, 0.15) is 17.7 Å². The third-order valence-corrected chi connectivity index (χ3v) is 6.16. The number of carbonyl (C=O) groups excluding carboxylic acids is 1. The quantitative estimate of drug-likeness (QED) is 0.306. The first-order valence-corrected chi connectivity index (χ1v) is 11.8. The van der Waals surface area contributed by atoms with Crippen LogP contribution in [0.25, 0.3) is 27.8 Å². The molecule has 35 heavy (non-hydrogen) atoms. The van der Waals surface area contributed by atoms with Gasteiger partial charge in [0.15, 0.2) is 11.6 Å². The summed E-state index contributed by atoms with van der Waals surface area (Å²) in [5.74, 6) is 2.12. The number of nitrogens with one attached hydrogen (secondary N) is 1. The second-order valence-corrected chi connectivity index (χ2v) is 9.16. The molecule has 1 aromatic carbocycles. The Hall–Kier alpha value is -2.98. The Morgan fingerprint density at radius 2 is 1.91 bits per heavy atom. The molecule has 9 nitrogen and oxygen atoms in total. The van der Waals surface area contributed by atoms with Crippen LogP contribution in [0.1, 0.15) is 56.8 Å². The van der Waals surface area contributed by atoms with E-state index in [1.165, 1.54) is 0 Å². The van der Waals surface area contributed by atoms with Crippen molar-refractivity contribution < 1.29 is 14.4 Å². The molecule has 0 saturated heterocycles. The summed E-state index contributed by atoms with van der Waals surface area (Å²) >= 11 is 0. The van der Waals surface area contributed by atoms with Crippen LogP contribution in [0.4, 0.5) is 5.82 Å². The topological polar surface area (TPSA) is 118 Å². The van der Waals surface area contributed by atoms with E-state index in [4.69, 9.17) is 9.51 Å². The number of unbranched alkanes of at least 4 members (excludes halogenated alkanes) is 2. The van der Waals surface area contributed by atoms with Crippen LogP contribution in [0.2, 0.25) is 0 Å². The van der Waals surface area contributed by atoms with E-state index in [1.807, 2.05) is 57.2 Å². The molecule has 0 aliphatic carbocycles. The van der Waals surface area contributed by atoms with E-state index in [0.29, 0.717) is 24.4 Å². The lowest BCUT2D eigenvalue weighted by molar-refractivity contribution is -0.129. The van der Waals surface area contributed by atoms with Crippen molar-refractivity contribution in [1.29, 1.82) is 0 Å². The molecular formula is C25H34N6O3S. The Labute approximate surface area is 211 Å². The fourth-order valence-corrected chi connectivity index (χ4v) is 4.27. The Kier molecular flexibility index (Phi) is 8.50. The number of ketones is 1. The molecule has 0 fully saturated rings. The minimum Gasteiger partial charge on any atom is -0.385 e. The smallest absolute Gasteiger partial charge is 0.204 e. The summed E-state index contributed by atoms with van der Waals surface area (Å²) in [6.45, 7) is 10.2. The summed E-state index contributed by atoms with van der Waals surface area (Å²) in [5, 5.41) is 25.9. The predicted molar refractivity (Wildman–Crippen MR) is 141 cm³/mol. The van der Waals surface area contributed by atoms with Gasteiger partial charge in [0, 0.05) is 18.5 Å². The number of Topliss-reactive ketones (excluding diaryl/α,β-unsaturated/α-hetero) is 1. The normalized spacial score (nSPS) is 12.3. The molecule has 0 unspecified atom stereocenters. The van der Waals surface area contributed by atoms with Gasteiger partial charge in [0.2, 0.25) is 5.65 Å². The highest BCUT2D eigenvalue weighted by Gasteiger charge is 2.18. The Morgan fingerprint density at radius 3 is 2.60 bits per heavy atom. The zero-order valence-corrected chi connectivity index (χ0v) is 21.9. The van der Waals surface area contributed by atoms with E-state index >= 15 is 0 Å². The van der Waals surface area contributed by atoms with Crippen molar-refractivity contribution in [2.24, 2.45) is 5.92 Å². The second kappa shape index (κ2) is 11.2.